The maximum absolute atomic E-state index is 11.8. The van der Waals surface area contributed by atoms with Crippen molar-refractivity contribution in [3.05, 3.63) is 35.9 Å². The third kappa shape index (κ3) is 4.90. The zero-order valence-electron chi connectivity index (χ0n) is 10.4. The fourth-order valence-electron chi connectivity index (χ4n) is 1.54. The van der Waals surface area contributed by atoms with Crippen LogP contribution in [0.25, 0.3) is 0 Å². The molecule has 0 heterocycles. The Morgan fingerprint density at radius 1 is 1.35 bits per heavy atom. The first-order valence-electron chi connectivity index (χ1n) is 6.10. The fraction of sp³-hybridized carbons (Fsp3) is 0.500. The molecule has 0 aliphatic carbocycles. The molecule has 94 valence electrons. The van der Waals surface area contributed by atoms with Gasteiger partial charge in [0.05, 0.1) is 4.83 Å². The third-order valence-corrected chi connectivity index (χ3v) is 4.27. The molecule has 2 atom stereocenters. The fourth-order valence-corrected chi connectivity index (χ4v) is 2.07. The summed E-state index contributed by atoms with van der Waals surface area (Å²) in [4.78, 5) is 11.7. The van der Waals surface area contributed by atoms with Crippen LogP contribution in [0.15, 0.2) is 30.3 Å². The lowest BCUT2D eigenvalue weighted by molar-refractivity contribution is -0.121. The number of carbonyl (C=O) groups is 1. The Bertz CT molecular complexity index is 339. The van der Waals surface area contributed by atoms with Gasteiger partial charge in [-0.2, -0.15) is 0 Å². The van der Waals surface area contributed by atoms with Crippen LogP contribution >= 0.6 is 15.9 Å². The van der Waals surface area contributed by atoms with Crippen LogP contribution in [0, 0.1) is 5.92 Å². The number of halogens is 1. The van der Waals surface area contributed by atoms with E-state index in [2.05, 4.69) is 47.2 Å². The highest BCUT2D eigenvalue weighted by Crippen LogP contribution is 2.15. The van der Waals surface area contributed by atoms with E-state index >= 15 is 0 Å². The number of alkyl halides is 1. The van der Waals surface area contributed by atoms with Gasteiger partial charge in [-0.15, -0.1) is 0 Å². The number of benzene rings is 1. The summed E-state index contributed by atoms with van der Waals surface area (Å²) < 4.78 is 0. The van der Waals surface area contributed by atoms with Gasteiger partial charge in [0, 0.05) is 6.54 Å². The van der Waals surface area contributed by atoms with Crippen LogP contribution < -0.4 is 5.32 Å². The number of nitrogens with one attached hydrogen (secondary N) is 1. The Morgan fingerprint density at radius 3 is 2.59 bits per heavy atom. The van der Waals surface area contributed by atoms with Crippen LogP contribution in [0.5, 0.6) is 0 Å². The van der Waals surface area contributed by atoms with Gasteiger partial charge in [-0.05, 0) is 17.9 Å². The molecule has 0 radical (unpaired) electrons. The molecule has 1 aromatic carbocycles. The highest BCUT2D eigenvalue weighted by atomic mass is 79.9. The lowest BCUT2D eigenvalue weighted by Gasteiger charge is -2.16. The molecule has 1 rings (SSSR count). The first-order valence-corrected chi connectivity index (χ1v) is 7.02. The van der Waals surface area contributed by atoms with E-state index < -0.39 is 0 Å². The van der Waals surface area contributed by atoms with Crippen molar-refractivity contribution in [2.24, 2.45) is 5.92 Å². The summed E-state index contributed by atoms with van der Waals surface area (Å²) in [6.45, 7) is 4.87. The van der Waals surface area contributed by atoms with E-state index in [1.54, 1.807) is 0 Å². The Morgan fingerprint density at radius 2 is 2.00 bits per heavy atom. The highest BCUT2D eigenvalue weighted by molar-refractivity contribution is 9.10. The number of carbonyl (C=O) groups excluding carboxylic acids is 1. The van der Waals surface area contributed by atoms with E-state index in [9.17, 15) is 4.79 Å². The standard InChI is InChI=1S/C14H20BrNO/c1-3-11(2)13(15)14(17)16-10-9-12-7-5-4-6-8-12/h4-8,11,13H,3,9-10H2,1-2H3,(H,16,17). The average molecular weight is 298 g/mol. The van der Waals surface area contributed by atoms with Crippen molar-refractivity contribution in [3.63, 3.8) is 0 Å². The maximum Gasteiger partial charge on any atom is 0.234 e. The van der Waals surface area contributed by atoms with Crippen molar-refractivity contribution in [3.8, 4) is 0 Å². The first-order chi connectivity index (χ1) is 8.15. The van der Waals surface area contributed by atoms with Gasteiger partial charge in [-0.25, -0.2) is 0 Å². The molecule has 0 aromatic heterocycles. The first kappa shape index (κ1) is 14.2. The molecule has 0 saturated heterocycles. The molecule has 0 spiro atoms. The van der Waals surface area contributed by atoms with Crippen molar-refractivity contribution >= 4 is 21.8 Å². The summed E-state index contributed by atoms with van der Waals surface area (Å²) in [5, 5.41) is 2.96. The van der Waals surface area contributed by atoms with Crippen molar-refractivity contribution < 1.29 is 4.79 Å². The predicted octanol–water partition coefficient (Wildman–Crippen LogP) is 3.15. The van der Waals surface area contributed by atoms with Gasteiger partial charge in [-0.1, -0.05) is 66.5 Å². The third-order valence-electron chi connectivity index (χ3n) is 2.95. The smallest absolute Gasteiger partial charge is 0.234 e. The zero-order chi connectivity index (χ0) is 12.7. The zero-order valence-corrected chi connectivity index (χ0v) is 12.0. The van der Waals surface area contributed by atoms with Crippen LogP contribution in [0.2, 0.25) is 0 Å². The van der Waals surface area contributed by atoms with Crippen molar-refractivity contribution in [2.45, 2.75) is 31.5 Å². The van der Waals surface area contributed by atoms with Gasteiger partial charge in [0.15, 0.2) is 0 Å². The molecule has 0 fully saturated rings. The Balaban J connectivity index is 2.29. The van der Waals surface area contributed by atoms with Gasteiger partial charge < -0.3 is 5.32 Å². The van der Waals surface area contributed by atoms with E-state index in [0.717, 1.165) is 12.8 Å². The number of amides is 1. The number of hydrogen-bond donors (Lipinski definition) is 1. The SMILES string of the molecule is CCC(C)C(Br)C(=O)NCCc1ccccc1. The Labute approximate surface area is 112 Å². The normalized spacial score (nSPS) is 14.1. The lowest BCUT2D eigenvalue weighted by Crippen LogP contribution is -2.35. The quantitative estimate of drug-likeness (QED) is 0.803. The van der Waals surface area contributed by atoms with Crippen LogP contribution in [-0.4, -0.2) is 17.3 Å². The number of hydrogen-bond acceptors (Lipinski definition) is 1. The molecular formula is C14H20BrNO. The average Bonchev–Trinajstić information content (AvgIpc) is 2.38. The maximum atomic E-state index is 11.8. The molecule has 0 aliphatic rings. The van der Waals surface area contributed by atoms with Crippen LogP contribution in [0.1, 0.15) is 25.8 Å². The molecule has 0 aliphatic heterocycles. The highest BCUT2D eigenvalue weighted by Gasteiger charge is 2.19. The van der Waals surface area contributed by atoms with Gasteiger partial charge in [-0.3, -0.25) is 4.79 Å². The van der Waals surface area contributed by atoms with Gasteiger partial charge in [0.1, 0.15) is 0 Å². The molecule has 2 nitrogen and oxygen atoms in total. The predicted molar refractivity (Wildman–Crippen MR) is 75.3 cm³/mol. The summed E-state index contributed by atoms with van der Waals surface area (Å²) >= 11 is 3.44. The van der Waals surface area contributed by atoms with Gasteiger partial charge >= 0.3 is 0 Å². The summed E-state index contributed by atoms with van der Waals surface area (Å²) in [5.74, 6) is 0.460. The van der Waals surface area contributed by atoms with E-state index in [1.807, 2.05) is 18.2 Å². The molecular weight excluding hydrogens is 278 g/mol. The largest absolute Gasteiger partial charge is 0.355 e. The molecule has 3 heteroatoms. The summed E-state index contributed by atoms with van der Waals surface area (Å²) in [6, 6.07) is 10.2. The lowest BCUT2D eigenvalue weighted by atomic mass is 10.0. The van der Waals surface area contributed by atoms with Crippen LogP contribution in [-0.2, 0) is 11.2 Å². The van der Waals surface area contributed by atoms with E-state index in [0.29, 0.717) is 12.5 Å². The minimum Gasteiger partial charge on any atom is -0.355 e. The summed E-state index contributed by atoms with van der Waals surface area (Å²) in [7, 11) is 0. The van der Waals surface area contributed by atoms with Gasteiger partial charge in [0.25, 0.3) is 0 Å². The van der Waals surface area contributed by atoms with Gasteiger partial charge in [0.2, 0.25) is 5.91 Å². The monoisotopic (exact) mass is 297 g/mol. The molecule has 1 N–H and O–H groups in total. The van der Waals surface area contributed by atoms with Crippen molar-refractivity contribution in [2.75, 3.05) is 6.54 Å². The summed E-state index contributed by atoms with van der Waals surface area (Å²) in [5.41, 5.74) is 1.25. The molecule has 1 amide bonds. The minimum absolute atomic E-state index is 0.0803. The van der Waals surface area contributed by atoms with Crippen molar-refractivity contribution in [1.82, 2.24) is 5.32 Å². The molecule has 0 saturated carbocycles. The summed E-state index contributed by atoms with van der Waals surface area (Å²) in [6.07, 6.45) is 1.88. The Kier molecular flexibility index (Phi) is 6.27. The second-order valence-corrected chi connectivity index (χ2v) is 5.30. The second kappa shape index (κ2) is 7.49. The minimum atomic E-state index is -0.0803. The van der Waals surface area contributed by atoms with Crippen LogP contribution in [0.4, 0.5) is 0 Å². The molecule has 1 aromatic rings. The van der Waals surface area contributed by atoms with Crippen LogP contribution in [0.3, 0.4) is 0 Å². The molecule has 17 heavy (non-hydrogen) atoms. The van der Waals surface area contributed by atoms with E-state index in [1.165, 1.54) is 5.56 Å². The Hall–Kier alpha value is -0.830. The van der Waals surface area contributed by atoms with E-state index in [-0.39, 0.29) is 10.7 Å². The van der Waals surface area contributed by atoms with E-state index in [4.69, 9.17) is 0 Å². The van der Waals surface area contributed by atoms with Crippen molar-refractivity contribution in [1.29, 1.82) is 0 Å². The topological polar surface area (TPSA) is 29.1 Å². The second-order valence-electron chi connectivity index (χ2n) is 4.31. The number of rotatable bonds is 6. The molecule has 0 bridgehead atoms. The molecule has 2 unspecified atom stereocenters.